The van der Waals surface area contributed by atoms with Crippen LogP contribution in [0.15, 0.2) is 59.2 Å². The third-order valence-corrected chi connectivity index (χ3v) is 4.27. The molecule has 0 saturated carbocycles. The van der Waals surface area contributed by atoms with Crippen molar-refractivity contribution in [1.29, 1.82) is 0 Å². The van der Waals surface area contributed by atoms with E-state index in [1.165, 1.54) is 0 Å². The number of nitrogens with one attached hydrogen (secondary N) is 1. The van der Waals surface area contributed by atoms with Crippen LogP contribution >= 0.6 is 0 Å². The molecule has 1 aromatic heterocycles. The van der Waals surface area contributed by atoms with Gasteiger partial charge in [0.15, 0.2) is 0 Å². The summed E-state index contributed by atoms with van der Waals surface area (Å²) in [7, 11) is 0. The Kier molecular flexibility index (Phi) is 4.91. The molecule has 0 saturated heterocycles. The number of aryl methyl sites for hydroxylation is 2. The van der Waals surface area contributed by atoms with Gasteiger partial charge in [0, 0.05) is 11.3 Å². The Hall–Kier alpha value is -2.92. The van der Waals surface area contributed by atoms with Crippen molar-refractivity contribution in [3.8, 4) is 11.5 Å². The number of hydrogen-bond donors (Lipinski definition) is 2. The number of anilines is 1. The molecule has 5 heteroatoms. The molecule has 0 fully saturated rings. The van der Waals surface area contributed by atoms with E-state index < -0.39 is 5.60 Å². The van der Waals surface area contributed by atoms with Gasteiger partial charge in [-0.1, -0.05) is 36.4 Å². The van der Waals surface area contributed by atoms with Crippen LogP contribution in [0.2, 0.25) is 0 Å². The Morgan fingerprint density at radius 3 is 2.58 bits per heavy atom. The lowest BCUT2D eigenvalue weighted by molar-refractivity contribution is -0.120. The van der Waals surface area contributed by atoms with E-state index in [1.807, 2.05) is 62.4 Å². The Labute approximate surface area is 152 Å². The summed E-state index contributed by atoms with van der Waals surface area (Å²) in [6.45, 7) is 5.46. The fraction of sp³-hybridized carbons (Fsp3) is 0.238. The third-order valence-electron chi connectivity index (χ3n) is 4.27. The second-order valence-corrected chi connectivity index (χ2v) is 6.69. The molecule has 134 valence electrons. The van der Waals surface area contributed by atoms with Gasteiger partial charge in [-0.25, -0.2) is 4.98 Å². The highest BCUT2D eigenvalue weighted by atomic mass is 16.3. The van der Waals surface area contributed by atoms with Crippen molar-refractivity contribution < 1.29 is 14.3 Å². The summed E-state index contributed by atoms with van der Waals surface area (Å²) in [4.78, 5) is 16.8. The number of aliphatic hydroxyl groups is 1. The van der Waals surface area contributed by atoms with Crippen LogP contribution in [0.3, 0.4) is 0 Å². The summed E-state index contributed by atoms with van der Waals surface area (Å²) in [5.74, 6) is 0.254. The number of aromatic nitrogens is 1. The SMILES string of the molecule is Cc1coc(-c2cc(NC(=O)CC(C)(O)c3ccccc3)ccc2C)n1. The number of nitrogens with zero attached hydrogens (tertiary/aromatic N) is 1. The second-order valence-electron chi connectivity index (χ2n) is 6.69. The van der Waals surface area contributed by atoms with Crippen molar-refractivity contribution in [2.75, 3.05) is 5.32 Å². The van der Waals surface area contributed by atoms with Crippen molar-refractivity contribution in [1.82, 2.24) is 4.98 Å². The Morgan fingerprint density at radius 2 is 1.92 bits per heavy atom. The zero-order valence-corrected chi connectivity index (χ0v) is 15.1. The van der Waals surface area contributed by atoms with E-state index in [0.29, 0.717) is 17.1 Å². The lowest BCUT2D eigenvalue weighted by Crippen LogP contribution is -2.28. The predicted molar refractivity (Wildman–Crippen MR) is 101 cm³/mol. The van der Waals surface area contributed by atoms with Gasteiger partial charge in [-0.3, -0.25) is 4.79 Å². The third kappa shape index (κ3) is 4.00. The molecule has 5 nitrogen and oxygen atoms in total. The first kappa shape index (κ1) is 17.9. The number of hydrogen-bond acceptors (Lipinski definition) is 4. The van der Waals surface area contributed by atoms with Crippen LogP contribution < -0.4 is 5.32 Å². The van der Waals surface area contributed by atoms with Crippen LogP contribution in [-0.2, 0) is 10.4 Å². The smallest absolute Gasteiger partial charge is 0.227 e. The number of carbonyl (C=O) groups is 1. The highest BCUT2D eigenvalue weighted by Crippen LogP contribution is 2.28. The number of oxazole rings is 1. The van der Waals surface area contributed by atoms with Gasteiger partial charge in [-0.15, -0.1) is 0 Å². The van der Waals surface area contributed by atoms with Crippen LogP contribution in [-0.4, -0.2) is 16.0 Å². The minimum absolute atomic E-state index is 0.0433. The number of rotatable bonds is 5. The van der Waals surface area contributed by atoms with Crippen LogP contribution in [0, 0.1) is 13.8 Å². The molecule has 0 radical (unpaired) electrons. The minimum atomic E-state index is -1.24. The normalized spacial score (nSPS) is 13.2. The predicted octanol–water partition coefficient (Wildman–Crippen LogP) is 4.19. The van der Waals surface area contributed by atoms with E-state index in [4.69, 9.17) is 4.42 Å². The van der Waals surface area contributed by atoms with Crippen LogP contribution in [0.1, 0.15) is 30.2 Å². The molecule has 0 aliphatic carbocycles. The summed E-state index contributed by atoms with van der Waals surface area (Å²) in [5.41, 5.74) is 2.73. The summed E-state index contributed by atoms with van der Waals surface area (Å²) in [5, 5.41) is 13.5. The van der Waals surface area contributed by atoms with Crippen LogP contribution in [0.4, 0.5) is 5.69 Å². The molecule has 3 rings (SSSR count). The lowest BCUT2D eigenvalue weighted by atomic mass is 9.92. The average Bonchev–Trinajstić information content (AvgIpc) is 3.03. The summed E-state index contributed by atoms with van der Waals surface area (Å²) in [6.07, 6.45) is 1.55. The van der Waals surface area contributed by atoms with Crippen LogP contribution in [0.25, 0.3) is 11.5 Å². The van der Waals surface area contributed by atoms with Crippen molar-refractivity contribution in [3.05, 3.63) is 71.6 Å². The molecule has 26 heavy (non-hydrogen) atoms. The standard InChI is InChI=1S/C21H22N2O3/c1-14-9-10-17(11-18(14)20-22-15(2)13-26-20)23-19(24)12-21(3,25)16-7-5-4-6-8-16/h4-11,13,25H,12H2,1-3H3,(H,23,24). The van der Waals surface area contributed by atoms with Gasteiger partial charge in [-0.05, 0) is 44.0 Å². The summed E-state index contributed by atoms with van der Waals surface area (Å²) < 4.78 is 5.47. The molecule has 0 spiro atoms. The van der Waals surface area contributed by atoms with Gasteiger partial charge in [-0.2, -0.15) is 0 Å². The van der Waals surface area contributed by atoms with Gasteiger partial charge in [0.1, 0.15) is 6.26 Å². The first-order valence-corrected chi connectivity index (χ1v) is 8.46. The van der Waals surface area contributed by atoms with Gasteiger partial charge in [0.05, 0.1) is 17.7 Å². The van der Waals surface area contributed by atoms with Crippen molar-refractivity contribution in [3.63, 3.8) is 0 Å². The molecule has 0 aliphatic rings. The monoisotopic (exact) mass is 350 g/mol. The Bertz CT molecular complexity index is 914. The average molecular weight is 350 g/mol. The van der Waals surface area contributed by atoms with E-state index in [1.54, 1.807) is 13.2 Å². The molecular formula is C21H22N2O3. The van der Waals surface area contributed by atoms with Crippen LogP contribution in [0.5, 0.6) is 0 Å². The second kappa shape index (κ2) is 7.14. The maximum atomic E-state index is 12.4. The summed E-state index contributed by atoms with van der Waals surface area (Å²) in [6, 6.07) is 14.7. The highest BCUT2D eigenvalue weighted by molar-refractivity contribution is 5.92. The quantitative estimate of drug-likeness (QED) is 0.723. The molecule has 2 aromatic carbocycles. The Balaban J connectivity index is 1.76. The molecule has 1 heterocycles. The summed E-state index contributed by atoms with van der Waals surface area (Å²) >= 11 is 0. The number of carbonyl (C=O) groups excluding carboxylic acids is 1. The van der Waals surface area contributed by atoms with E-state index in [0.717, 1.165) is 16.8 Å². The molecule has 0 bridgehead atoms. The molecule has 3 aromatic rings. The van der Waals surface area contributed by atoms with Gasteiger partial charge in [0.25, 0.3) is 0 Å². The topological polar surface area (TPSA) is 75.4 Å². The molecule has 0 aliphatic heterocycles. The Morgan fingerprint density at radius 1 is 1.19 bits per heavy atom. The highest BCUT2D eigenvalue weighted by Gasteiger charge is 2.26. The molecular weight excluding hydrogens is 328 g/mol. The van der Waals surface area contributed by atoms with Crippen molar-refractivity contribution >= 4 is 11.6 Å². The first-order valence-electron chi connectivity index (χ1n) is 8.46. The van der Waals surface area contributed by atoms with Crippen molar-refractivity contribution in [2.45, 2.75) is 32.8 Å². The zero-order valence-electron chi connectivity index (χ0n) is 15.1. The molecule has 1 amide bonds. The fourth-order valence-corrected chi connectivity index (χ4v) is 2.82. The zero-order chi connectivity index (χ0) is 18.7. The first-order chi connectivity index (χ1) is 12.3. The van der Waals surface area contributed by atoms with Gasteiger partial charge >= 0.3 is 0 Å². The van der Waals surface area contributed by atoms with E-state index in [2.05, 4.69) is 10.3 Å². The molecule has 1 atom stereocenters. The molecule has 2 N–H and O–H groups in total. The van der Waals surface area contributed by atoms with E-state index in [9.17, 15) is 9.90 Å². The lowest BCUT2D eigenvalue weighted by Gasteiger charge is -2.23. The number of benzene rings is 2. The van der Waals surface area contributed by atoms with E-state index in [-0.39, 0.29) is 12.3 Å². The fourth-order valence-electron chi connectivity index (χ4n) is 2.82. The number of amides is 1. The van der Waals surface area contributed by atoms with Gasteiger partial charge < -0.3 is 14.8 Å². The molecule has 1 unspecified atom stereocenters. The maximum absolute atomic E-state index is 12.4. The minimum Gasteiger partial charge on any atom is -0.444 e. The van der Waals surface area contributed by atoms with Gasteiger partial charge in [0.2, 0.25) is 11.8 Å². The van der Waals surface area contributed by atoms with Crippen molar-refractivity contribution in [2.24, 2.45) is 0 Å². The largest absolute Gasteiger partial charge is 0.444 e. The van der Waals surface area contributed by atoms with E-state index >= 15 is 0 Å². The maximum Gasteiger partial charge on any atom is 0.227 e.